The highest BCUT2D eigenvalue weighted by molar-refractivity contribution is 7.15. The highest BCUT2D eigenvalue weighted by Gasteiger charge is 2.09. The van der Waals surface area contributed by atoms with Gasteiger partial charge in [0.15, 0.2) is 10.1 Å². The summed E-state index contributed by atoms with van der Waals surface area (Å²) in [4.78, 5) is 28.9. The molecule has 0 aliphatic heterocycles. The van der Waals surface area contributed by atoms with Gasteiger partial charge in [0.05, 0.1) is 5.69 Å². The maximum atomic E-state index is 12.1. The van der Waals surface area contributed by atoms with Crippen LogP contribution in [0, 0.1) is 0 Å². The first-order chi connectivity index (χ1) is 12.1. The van der Waals surface area contributed by atoms with Crippen LogP contribution in [-0.2, 0) is 4.79 Å². The van der Waals surface area contributed by atoms with E-state index < -0.39 is 0 Å². The second kappa shape index (κ2) is 7.50. The van der Waals surface area contributed by atoms with E-state index in [9.17, 15) is 9.59 Å². The Morgan fingerprint density at radius 2 is 2.24 bits per heavy atom. The molecule has 0 aliphatic carbocycles. The number of anilines is 1. The summed E-state index contributed by atoms with van der Waals surface area (Å²) >= 11 is 7.55. The van der Waals surface area contributed by atoms with Gasteiger partial charge < -0.3 is 10.6 Å². The maximum absolute atomic E-state index is 12.1. The molecule has 2 aromatic heterocycles. The number of nitrogens with one attached hydrogen (secondary N) is 2. The summed E-state index contributed by atoms with van der Waals surface area (Å²) in [5.41, 5.74) is 1.67. The SMILES string of the molecule is CCNC(=O)c1cccc(NC(=O)/C=C/c2c(Cl)nc3sccn23)c1. The van der Waals surface area contributed by atoms with E-state index in [1.165, 1.54) is 17.4 Å². The number of amides is 2. The molecule has 0 saturated carbocycles. The number of nitrogens with zero attached hydrogens (tertiary/aromatic N) is 2. The molecule has 8 heteroatoms. The van der Waals surface area contributed by atoms with Gasteiger partial charge in [-0.3, -0.25) is 14.0 Å². The van der Waals surface area contributed by atoms with E-state index in [0.29, 0.717) is 28.6 Å². The van der Waals surface area contributed by atoms with E-state index in [0.717, 1.165) is 4.96 Å². The lowest BCUT2D eigenvalue weighted by atomic mass is 10.2. The van der Waals surface area contributed by atoms with E-state index in [1.54, 1.807) is 30.3 Å². The van der Waals surface area contributed by atoms with Crippen LogP contribution in [0.3, 0.4) is 0 Å². The fourth-order valence-electron chi connectivity index (χ4n) is 2.27. The first-order valence-electron chi connectivity index (χ1n) is 7.57. The third kappa shape index (κ3) is 3.89. The number of thiazole rings is 1. The Labute approximate surface area is 153 Å². The largest absolute Gasteiger partial charge is 0.352 e. The van der Waals surface area contributed by atoms with Crippen molar-refractivity contribution >= 4 is 51.5 Å². The van der Waals surface area contributed by atoms with Crippen LogP contribution >= 0.6 is 22.9 Å². The van der Waals surface area contributed by atoms with Crippen LogP contribution in [0.15, 0.2) is 41.9 Å². The molecule has 25 heavy (non-hydrogen) atoms. The first kappa shape index (κ1) is 17.2. The number of benzene rings is 1. The summed E-state index contributed by atoms with van der Waals surface area (Å²) in [7, 11) is 0. The molecule has 1 aromatic carbocycles. The molecule has 0 spiro atoms. The monoisotopic (exact) mass is 374 g/mol. The lowest BCUT2D eigenvalue weighted by Crippen LogP contribution is -2.22. The van der Waals surface area contributed by atoms with Gasteiger partial charge in [0.2, 0.25) is 5.91 Å². The van der Waals surface area contributed by atoms with Crippen LogP contribution in [-0.4, -0.2) is 27.7 Å². The molecule has 2 N–H and O–H groups in total. The topological polar surface area (TPSA) is 75.5 Å². The third-order valence-corrected chi connectivity index (χ3v) is 4.41. The van der Waals surface area contributed by atoms with Gasteiger partial charge in [-0.25, -0.2) is 4.98 Å². The van der Waals surface area contributed by atoms with Crippen molar-refractivity contribution in [3.05, 3.63) is 58.3 Å². The quantitative estimate of drug-likeness (QED) is 0.671. The Kier molecular flexibility index (Phi) is 5.16. The first-order valence-corrected chi connectivity index (χ1v) is 8.82. The number of carbonyl (C=O) groups is 2. The lowest BCUT2D eigenvalue weighted by Gasteiger charge is -2.06. The highest BCUT2D eigenvalue weighted by atomic mass is 35.5. The van der Waals surface area contributed by atoms with Gasteiger partial charge in [-0.15, -0.1) is 11.3 Å². The molecule has 0 fully saturated rings. The van der Waals surface area contributed by atoms with E-state index >= 15 is 0 Å². The van der Waals surface area contributed by atoms with Crippen LogP contribution in [0.5, 0.6) is 0 Å². The molecule has 2 heterocycles. The van der Waals surface area contributed by atoms with Crippen molar-refractivity contribution in [2.24, 2.45) is 0 Å². The second-order valence-electron chi connectivity index (χ2n) is 5.11. The minimum Gasteiger partial charge on any atom is -0.352 e. The maximum Gasteiger partial charge on any atom is 0.251 e. The summed E-state index contributed by atoms with van der Waals surface area (Å²) in [6.45, 7) is 2.39. The molecule has 0 aliphatic rings. The Hall–Kier alpha value is -2.64. The molecule has 128 valence electrons. The van der Waals surface area contributed by atoms with Gasteiger partial charge in [-0.05, 0) is 31.2 Å². The standard InChI is InChI=1S/C17H15ClN4O2S/c1-2-19-16(24)11-4-3-5-12(10-11)20-14(23)7-6-13-15(18)21-17-22(13)8-9-25-17/h3-10H,2H2,1H3,(H,19,24)(H,20,23)/b7-6+. The van der Waals surface area contributed by atoms with Crippen molar-refractivity contribution in [3.8, 4) is 0 Å². The van der Waals surface area contributed by atoms with Crippen LogP contribution in [0.25, 0.3) is 11.0 Å². The Balaban J connectivity index is 1.72. The molecule has 0 unspecified atom stereocenters. The van der Waals surface area contributed by atoms with Crippen LogP contribution in [0.1, 0.15) is 23.0 Å². The number of fused-ring (bicyclic) bond motifs is 1. The average Bonchev–Trinajstić information content (AvgIpc) is 3.14. The fraction of sp³-hybridized carbons (Fsp3) is 0.118. The van der Waals surface area contributed by atoms with Crippen molar-refractivity contribution in [2.45, 2.75) is 6.92 Å². The van der Waals surface area contributed by atoms with E-state index in [2.05, 4.69) is 15.6 Å². The number of hydrogen-bond acceptors (Lipinski definition) is 4. The predicted molar refractivity (Wildman–Crippen MR) is 100 cm³/mol. The number of hydrogen-bond donors (Lipinski definition) is 2. The summed E-state index contributed by atoms with van der Waals surface area (Å²) in [6.07, 6.45) is 4.83. The van der Waals surface area contributed by atoms with E-state index in [1.807, 2.05) is 22.9 Å². The van der Waals surface area contributed by atoms with Gasteiger partial charge in [0.25, 0.3) is 5.91 Å². The summed E-state index contributed by atoms with van der Waals surface area (Å²) in [6, 6.07) is 6.75. The van der Waals surface area contributed by atoms with Crippen LogP contribution < -0.4 is 10.6 Å². The number of imidazole rings is 1. The molecule has 0 radical (unpaired) electrons. The van der Waals surface area contributed by atoms with Crippen molar-refractivity contribution in [1.29, 1.82) is 0 Å². The number of carbonyl (C=O) groups excluding carboxylic acids is 2. The van der Waals surface area contributed by atoms with Gasteiger partial charge in [-0.2, -0.15) is 0 Å². The molecule has 2 amide bonds. The Morgan fingerprint density at radius 3 is 3.04 bits per heavy atom. The molecule has 6 nitrogen and oxygen atoms in total. The molecule has 0 bridgehead atoms. The van der Waals surface area contributed by atoms with Gasteiger partial charge in [0.1, 0.15) is 0 Å². The fourth-order valence-corrected chi connectivity index (χ4v) is 3.27. The molecule has 3 aromatic rings. The van der Waals surface area contributed by atoms with Gasteiger partial charge in [0, 0.05) is 35.4 Å². The summed E-state index contributed by atoms with van der Waals surface area (Å²) in [5.74, 6) is -0.505. The van der Waals surface area contributed by atoms with Crippen LogP contribution in [0.2, 0.25) is 5.15 Å². The van der Waals surface area contributed by atoms with Crippen molar-refractivity contribution < 1.29 is 9.59 Å². The molecule has 0 saturated heterocycles. The highest BCUT2D eigenvalue weighted by Crippen LogP contribution is 2.22. The number of rotatable bonds is 5. The van der Waals surface area contributed by atoms with Crippen molar-refractivity contribution in [1.82, 2.24) is 14.7 Å². The molecule has 0 atom stereocenters. The van der Waals surface area contributed by atoms with E-state index in [4.69, 9.17) is 11.6 Å². The Bertz CT molecular complexity index is 961. The lowest BCUT2D eigenvalue weighted by molar-refractivity contribution is -0.111. The third-order valence-electron chi connectivity index (χ3n) is 3.38. The molecular weight excluding hydrogens is 360 g/mol. The Morgan fingerprint density at radius 1 is 1.40 bits per heavy atom. The predicted octanol–water partition coefficient (Wildman–Crippen LogP) is 3.45. The average molecular weight is 375 g/mol. The zero-order valence-electron chi connectivity index (χ0n) is 13.3. The van der Waals surface area contributed by atoms with Gasteiger partial charge in [-0.1, -0.05) is 17.7 Å². The van der Waals surface area contributed by atoms with E-state index in [-0.39, 0.29) is 11.8 Å². The smallest absolute Gasteiger partial charge is 0.251 e. The molecular formula is C17H15ClN4O2S. The van der Waals surface area contributed by atoms with Crippen LogP contribution in [0.4, 0.5) is 5.69 Å². The van der Waals surface area contributed by atoms with Gasteiger partial charge >= 0.3 is 0 Å². The van der Waals surface area contributed by atoms with Crippen molar-refractivity contribution in [3.63, 3.8) is 0 Å². The normalized spacial score (nSPS) is 11.1. The number of halogens is 1. The minimum atomic E-state index is -0.325. The zero-order chi connectivity index (χ0) is 17.8. The van der Waals surface area contributed by atoms with Crippen molar-refractivity contribution in [2.75, 3.05) is 11.9 Å². The molecule has 3 rings (SSSR count). The number of aromatic nitrogens is 2. The summed E-state index contributed by atoms with van der Waals surface area (Å²) in [5, 5.41) is 7.68. The second-order valence-corrected chi connectivity index (χ2v) is 6.34. The minimum absolute atomic E-state index is 0.181. The zero-order valence-corrected chi connectivity index (χ0v) is 14.9. The summed E-state index contributed by atoms with van der Waals surface area (Å²) < 4.78 is 1.81.